The van der Waals surface area contributed by atoms with Crippen LogP contribution in [0.15, 0.2) is 18.5 Å². The lowest BCUT2D eigenvalue weighted by molar-refractivity contribution is 0.233. The van der Waals surface area contributed by atoms with Crippen molar-refractivity contribution in [2.45, 2.75) is 31.7 Å². The molecule has 29 heavy (non-hydrogen) atoms. The van der Waals surface area contributed by atoms with Gasteiger partial charge in [0.25, 0.3) is 0 Å². The Morgan fingerprint density at radius 1 is 1.38 bits per heavy atom. The SMILES string of the molecule is CN(c1c(C#N)cnc2[nH]ccc12)[C@@H]1CC[C@H](CS(=O)(=O)N2CCC(CO)C2)C1. The van der Waals surface area contributed by atoms with Crippen LogP contribution in [0.2, 0.25) is 0 Å². The molecular formula is C20H27N5O3S. The second-order valence-corrected chi connectivity index (χ2v) is 10.3. The van der Waals surface area contributed by atoms with Crippen LogP contribution in [-0.2, 0) is 10.0 Å². The molecule has 3 heterocycles. The van der Waals surface area contributed by atoms with Crippen molar-refractivity contribution in [3.8, 4) is 6.07 Å². The minimum atomic E-state index is -3.30. The fraction of sp³-hybridized carbons (Fsp3) is 0.600. The summed E-state index contributed by atoms with van der Waals surface area (Å²) < 4.78 is 27.2. The summed E-state index contributed by atoms with van der Waals surface area (Å²) in [7, 11) is -1.32. The van der Waals surface area contributed by atoms with Gasteiger partial charge in [-0.3, -0.25) is 0 Å². The van der Waals surface area contributed by atoms with E-state index in [4.69, 9.17) is 0 Å². The Hall–Kier alpha value is -2.15. The van der Waals surface area contributed by atoms with Gasteiger partial charge in [0.15, 0.2) is 0 Å². The predicted molar refractivity (Wildman–Crippen MR) is 111 cm³/mol. The monoisotopic (exact) mass is 417 g/mol. The van der Waals surface area contributed by atoms with Crippen molar-refractivity contribution >= 4 is 26.7 Å². The number of sulfonamides is 1. The first-order valence-electron chi connectivity index (χ1n) is 10.1. The average Bonchev–Trinajstić information content (AvgIpc) is 3.45. The van der Waals surface area contributed by atoms with E-state index in [2.05, 4.69) is 20.9 Å². The molecule has 3 atom stereocenters. The second-order valence-electron chi connectivity index (χ2n) is 8.29. The van der Waals surface area contributed by atoms with Crippen LogP contribution in [0.3, 0.4) is 0 Å². The van der Waals surface area contributed by atoms with Gasteiger partial charge in [-0.2, -0.15) is 5.26 Å². The predicted octanol–water partition coefficient (Wildman–Crippen LogP) is 1.68. The molecule has 1 saturated heterocycles. The van der Waals surface area contributed by atoms with E-state index in [0.29, 0.717) is 18.7 Å². The van der Waals surface area contributed by atoms with Gasteiger partial charge in [-0.05, 0) is 43.6 Å². The number of fused-ring (bicyclic) bond motifs is 1. The van der Waals surface area contributed by atoms with Gasteiger partial charge in [0.1, 0.15) is 11.7 Å². The summed E-state index contributed by atoms with van der Waals surface area (Å²) in [4.78, 5) is 9.51. The Morgan fingerprint density at radius 2 is 2.21 bits per heavy atom. The van der Waals surface area contributed by atoms with Crippen molar-refractivity contribution in [1.82, 2.24) is 14.3 Å². The molecule has 0 aromatic carbocycles. The second kappa shape index (κ2) is 7.94. The van der Waals surface area contributed by atoms with Crippen molar-refractivity contribution < 1.29 is 13.5 Å². The summed E-state index contributed by atoms with van der Waals surface area (Å²) in [5, 5.41) is 19.7. The van der Waals surface area contributed by atoms with Gasteiger partial charge >= 0.3 is 0 Å². The van der Waals surface area contributed by atoms with E-state index in [1.54, 1.807) is 10.5 Å². The average molecular weight is 418 g/mol. The number of aromatic nitrogens is 2. The summed E-state index contributed by atoms with van der Waals surface area (Å²) in [6.45, 7) is 0.990. The number of nitrogens with zero attached hydrogens (tertiary/aromatic N) is 4. The summed E-state index contributed by atoms with van der Waals surface area (Å²) >= 11 is 0. The summed E-state index contributed by atoms with van der Waals surface area (Å²) in [5.74, 6) is 0.332. The van der Waals surface area contributed by atoms with Crippen LogP contribution in [-0.4, -0.2) is 66.3 Å². The molecule has 4 rings (SSSR count). The number of nitrogens with one attached hydrogen (secondary N) is 1. The molecule has 2 fully saturated rings. The summed E-state index contributed by atoms with van der Waals surface area (Å²) in [6, 6.07) is 4.35. The third-order valence-electron chi connectivity index (χ3n) is 6.44. The Balaban J connectivity index is 1.47. The van der Waals surface area contributed by atoms with Crippen LogP contribution >= 0.6 is 0 Å². The van der Waals surface area contributed by atoms with E-state index in [9.17, 15) is 18.8 Å². The van der Waals surface area contributed by atoms with Gasteiger partial charge in [-0.15, -0.1) is 0 Å². The number of hydrogen-bond donors (Lipinski definition) is 2. The number of pyridine rings is 1. The maximum Gasteiger partial charge on any atom is 0.214 e. The first-order chi connectivity index (χ1) is 13.9. The molecule has 2 N–H and O–H groups in total. The molecule has 156 valence electrons. The quantitative estimate of drug-likeness (QED) is 0.739. The lowest BCUT2D eigenvalue weighted by Crippen LogP contribution is -2.34. The third kappa shape index (κ3) is 3.84. The minimum absolute atomic E-state index is 0.0447. The van der Waals surface area contributed by atoms with E-state index in [1.165, 1.54) is 0 Å². The van der Waals surface area contributed by atoms with Crippen LogP contribution in [0.5, 0.6) is 0 Å². The van der Waals surface area contributed by atoms with Crippen LogP contribution < -0.4 is 4.90 Å². The van der Waals surface area contributed by atoms with Gasteiger partial charge in [0, 0.05) is 50.6 Å². The van der Waals surface area contributed by atoms with Crippen molar-refractivity contribution in [1.29, 1.82) is 5.26 Å². The Kier molecular flexibility index (Phi) is 5.51. The molecule has 2 aliphatic rings. The van der Waals surface area contributed by atoms with E-state index >= 15 is 0 Å². The van der Waals surface area contributed by atoms with Crippen molar-refractivity contribution in [2.24, 2.45) is 11.8 Å². The number of rotatable bonds is 6. The minimum Gasteiger partial charge on any atom is -0.396 e. The molecule has 0 radical (unpaired) electrons. The van der Waals surface area contributed by atoms with E-state index < -0.39 is 10.0 Å². The Bertz CT molecular complexity index is 1030. The van der Waals surface area contributed by atoms with E-state index in [1.807, 2.05) is 19.3 Å². The zero-order valence-electron chi connectivity index (χ0n) is 16.6. The molecule has 0 bridgehead atoms. The smallest absolute Gasteiger partial charge is 0.214 e. The molecule has 2 aromatic rings. The lowest BCUT2D eigenvalue weighted by Gasteiger charge is -2.28. The molecule has 1 aliphatic carbocycles. The van der Waals surface area contributed by atoms with Crippen LogP contribution in [0.1, 0.15) is 31.2 Å². The first kappa shape index (κ1) is 20.1. The molecule has 0 amide bonds. The number of aliphatic hydroxyl groups excluding tert-OH is 1. The summed E-state index contributed by atoms with van der Waals surface area (Å²) in [5.41, 5.74) is 2.14. The molecule has 1 aliphatic heterocycles. The molecule has 1 unspecified atom stereocenters. The molecule has 2 aromatic heterocycles. The molecule has 9 heteroatoms. The van der Waals surface area contributed by atoms with Crippen LogP contribution in [0.25, 0.3) is 11.0 Å². The maximum atomic E-state index is 12.8. The molecule has 8 nitrogen and oxygen atoms in total. The lowest BCUT2D eigenvalue weighted by atomic mass is 10.1. The van der Waals surface area contributed by atoms with Crippen LogP contribution in [0, 0.1) is 23.2 Å². The number of H-pyrrole nitrogens is 1. The van der Waals surface area contributed by atoms with Gasteiger partial charge in [-0.1, -0.05) is 0 Å². The zero-order valence-corrected chi connectivity index (χ0v) is 17.4. The highest BCUT2D eigenvalue weighted by molar-refractivity contribution is 7.89. The van der Waals surface area contributed by atoms with Gasteiger partial charge in [0.05, 0.1) is 17.0 Å². The summed E-state index contributed by atoms with van der Waals surface area (Å²) in [6.07, 6.45) is 6.68. The fourth-order valence-corrected chi connectivity index (χ4v) is 6.72. The Morgan fingerprint density at radius 3 is 2.93 bits per heavy atom. The van der Waals surface area contributed by atoms with Gasteiger partial charge in [-0.25, -0.2) is 17.7 Å². The normalized spacial score (nSPS) is 25.5. The molecule has 1 saturated carbocycles. The van der Waals surface area contributed by atoms with Gasteiger partial charge < -0.3 is 15.0 Å². The van der Waals surface area contributed by atoms with Crippen LogP contribution in [0.4, 0.5) is 5.69 Å². The van der Waals surface area contributed by atoms with E-state index in [0.717, 1.165) is 42.4 Å². The number of aliphatic hydroxyl groups is 1. The van der Waals surface area contributed by atoms with E-state index in [-0.39, 0.29) is 30.2 Å². The standard InChI is InChI=1S/C20H27N5O3S/c1-24(19-16(9-21)10-23-20-18(19)4-6-22-20)17-3-2-14(8-17)13-29(27,28)25-7-5-15(11-25)12-26/h4,6,10,14-15,17,26H,2-3,5,7-8,11-13H2,1H3,(H,22,23)/t14-,15?,17+/m0/s1. The van der Waals surface area contributed by atoms with Crippen molar-refractivity contribution in [3.63, 3.8) is 0 Å². The first-order valence-corrected chi connectivity index (χ1v) is 11.7. The number of anilines is 1. The zero-order chi connectivity index (χ0) is 20.6. The number of hydrogen-bond acceptors (Lipinski definition) is 6. The highest BCUT2D eigenvalue weighted by Gasteiger charge is 2.36. The van der Waals surface area contributed by atoms with Crippen molar-refractivity contribution in [2.75, 3.05) is 37.4 Å². The molecular weight excluding hydrogens is 390 g/mol. The highest BCUT2D eigenvalue weighted by Crippen LogP contribution is 2.37. The van der Waals surface area contributed by atoms with Crippen molar-refractivity contribution in [3.05, 3.63) is 24.0 Å². The molecule has 0 spiro atoms. The Labute approximate surface area is 171 Å². The number of aromatic amines is 1. The topological polar surface area (TPSA) is 113 Å². The largest absolute Gasteiger partial charge is 0.396 e. The maximum absolute atomic E-state index is 12.8. The van der Waals surface area contributed by atoms with Gasteiger partial charge in [0.2, 0.25) is 10.0 Å². The number of nitriles is 1. The highest BCUT2D eigenvalue weighted by atomic mass is 32.2. The third-order valence-corrected chi connectivity index (χ3v) is 8.45. The fourth-order valence-electron chi connectivity index (χ4n) is 4.79.